The number of carbonyl (C=O) groups is 3. The van der Waals surface area contributed by atoms with E-state index >= 15 is 0 Å². The Hall–Kier alpha value is -3.41. The Labute approximate surface area is 175 Å². The van der Waals surface area contributed by atoms with Gasteiger partial charge < -0.3 is 10.1 Å². The van der Waals surface area contributed by atoms with E-state index in [0.717, 1.165) is 5.56 Å². The van der Waals surface area contributed by atoms with Gasteiger partial charge >= 0.3 is 0 Å². The maximum atomic E-state index is 12.4. The van der Waals surface area contributed by atoms with Crippen LogP contribution in [0, 0.1) is 11.8 Å². The Balaban J connectivity index is 1.25. The maximum absolute atomic E-state index is 12.4. The number of benzene rings is 2. The van der Waals surface area contributed by atoms with Crippen molar-refractivity contribution in [1.29, 1.82) is 0 Å². The molecule has 1 heterocycles. The Morgan fingerprint density at radius 1 is 0.933 bits per heavy atom. The molecule has 1 aliphatic heterocycles. The second kappa shape index (κ2) is 8.95. The third kappa shape index (κ3) is 4.43. The molecule has 1 aliphatic carbocycles. The van der Waals surface area contributed by atoms with Crippen LogP contribution in [0.5, 0.6) is 5.75 Å². The van der Waals surface area contributed by atoms with Gasteiger partial charge in [0.2, 0.25) is 17.7 Å². The first-order valence-electron chi connectivity index (χ1n) is 10.2. The summed E-state index contributed by atoms with van der Waals surface area (Å²) >= 11 is 0. The molecule has 6 nitrogen and oxygen atoms in total. The van der Waals surface area contributed by atoms with Gasteiger partial charge in [-0.15, -0.1) is 0 Å². The standard InChI is InChI=1S/C24H24N2O4/c27-22(14-15-26-23(28)20-8-4-5-9-21(20)24(26)29)25-18-10-12-19(13-11-18)30-16-17-6-2-1-3-7-17/h1-7,10-13,20-21H,8-9,14-16H2,(H,25,27)/t20-,21-/m1/s1. The van der Waals surface area contributed by atoms with Crippen molar-refractivity contribution >= 4 is 23.4 Å². The second-order valence-corrected chi connectivity index (χ2v) is 7.58. The minimum absolute atomic E-state index is 0.0800. The van der Waals surface area contributed by atoms with Crippen molar-refractivity contribution in [2.24, 2.45) is 11.8 Å². The number of amides is 3. The predicted octanol–water partition coefficient (Wildman–Crippen LogP) is 3.55. The van der Waals surface area contributed by atoms with Crippen molar-refractivity contribution in [3.8, 4) is 5.75 Å². The average Bonchev–Trinajstić information content (AvgIpc) is 3.02. The first-order chi connectivity index (χ1) is 14.6. The van der Waals surface area contributed by atoms with E-state index in [1.54, 1.807) is 24.3 Å². The molecular formula is C24H24N2O4. The van der Waals surface area contributed by atoms with Crippen molar-refractivity contribution in [3.05, 3.63) is 72.3 Å². The molecule has 0 saturated carbocycles. The molecular weight excluding hydrogens is 380 g/mol. The Bertz CT molecular complexity index is 927. The third-order valence-corrected chi connectivity index (χ3v) is 5.55. The topological polar surface area (TPSA) is 75.7 Å². The Morgan fingerprint density at radius 2 is 1.57 bits per heavy atom. The van der Waals surface area contributed by atoms with Crippen molar-refractivity contribution in [2.45, 2.75) is 25.9 Å². The zero-order valence-corrected chi connectivity index (χ0v) is 16.6. The number of likely N-dealkylation sites (tertiary alicyclic amines) is 1. The zero-order valence-electron chi connectivity index (χ0n) is 16.6. The molecule has 2 atom stereocenters. The maximum Gasteiger partial charge on any atom is 0.233 e. The number of nitrogens with zero attached hydrogens (tertiary/aromatic N) is 1. The molecule has 1 saturated heterocycles. The summed E-state index contributed by atoms with van der Waals surface area (Å²) in [6, 6.07) is 17.0. The second-order valence-electron chi connectivity index (χ2n) is 7.58. The lowest BCUT2D eigenvalue weighted by Crippen LogP contribution is -2.34. The molecule has 0 spiro atoms. The first kappa shape index (κ1) is 19.9. The quantitative estimate of drug-likeness (QED) is 0.566. The molecule has 4 rings (SSSR count). The molecule has 1 N–H and O–H groups in total. The largest absolute Gasteiger partial charge is 0.489 e. The van der Waals surface area contributed by atoms with E-state index in [2.05, 4.69) is 5.32 Å². The fourth-order valence-electron chi connectivity index (χ4n) is 3.90. The number of rotatable bonds is 7. The van der Waals surface area contributed by atoms with Crippen molar-refractivity contribution < 1.29 is 19.1 Å². The minimum Gasteiger partial charge on any atom is -0.489 e. The van der Waals surface area contributed by atoms with Gasteiger partial charge in [0.15, 0.2) is 0 Å². The smallest absolute Gasteiger partial charge is 0.233 e. The number of hydrogen-bond donors (Lipinski definition) is 1. The monoisotopic (exact) mass is 404 g/mol. The van der Waals surface area contributed by atoms with E-state index in [1.165, 1.54) is 4.90 Å². The van der Waals surface area contributed by atoms with E-state index < -0.39 is 0 Å². The molecule has 6 heteroatoms. The van der Waals surface area contributed by atoms with Crippen molar-refractivity contribution in [1.82, 2.24) is 4.90 Å². The molecule has 0 radical (unpaired) electrons. The highest BCUT2D eigenvalue weighted by Crippen LogP contribution is 2.35. The van der Waals surface area contributed by atoms with Gasteiger partial charge in [-0.05, 0) is 42.7 Å². The summed E-state index contributed by atoms with van der Waals surface area (Å²) in [6.07, 6.45) is 5.20. The van der Waals surface area contributed by atoms with Crippen LogP contribution in [-0.2, 0) is 21.0 Å². The fourth-order valence-corrected chi connectivity index (χ4v) is 3.90. The molecule has 3 amide bonds. The van der Waals surface area contributed by atoms with Crippen LogP contribution in [0.25, 0.3) is 0 Å². The number of fused-ring (bicyclic) bond motifs is 1. The van der Waals surface area contributed by atoms with Crippen LogP contribution in [0.4, 0.5) is 5.69 Å². The zero-order chi connectivity index (χ0) is 20.9. The first-order valence-corrected chi connectivity index (χ1v) is 10.2. The predicted molar refractivity (Wildman–Crippen MR) is 113 cm³/mol. The normalized spacial score (nSPS) is 20.2. The fraction of sp³-hybridized carbons (Fsp3) is 0.292. The molecule has 0 unspecified atom stereocenters. The summed E-state index contributed by atoms with van der Waals surface area (Å²) in [5.41, 5.74) is 1.72. The lowest BCUT2D eigenvalue weighted by atomic mass is 9.85. The van der Waals surface area contributed by atoms with E-state index in [0.29, 0.717) is 30.9 Å². The van der Waals surface area contributed by atoms with Crippen molar-refractivity contribution in [2.75, 3.05) is 11.9 Å². The van der Waals surface area contributed by atoms with Gasteiger partial charge in [0.05, 0.1) is 11.8 Å². The van der Waals surface area contributed by atoms with Crippen LogP contribution in [0.2, 0.25) is 0 Å². The molecule has 30 heavy (non-hydrogen) atoms. The summed E-state index contributed by atoms with van der Waals surface area (Å²) in [5, 5.41) is 2.80. The summed E-state index contributed by atoms with van der Waals surface area (Å²) < 4.78 is 5.74. The van der Waals surface area contributed by atoms with Gasteiger partial charge in [-0.25, -0.2) is 0 Å². The summed E-state index contributed by atoms with van der Waals surface area (Å²) in [7, 11) is 0. The van der Waals surface area contributed by atoms with Crippen molar-refractivity contribution in [3.63, 3.8) is 0 Å². The van der Waals surface area contributed by atoms with E-state index in [-0.39, 0.29) is 42.5 Å². The number of ether oxygens (including phenoxy) is 1. The van der Waals surface area contributed by atoms with E-state index in [1.807, 2.05) is 42.5 Å². The molecule has 1 fully saturated rings. The number of hydrogen-bond acceptors (Lipinski definition) is 4. The van der Waals surface area contributed by atoms with Crippen LogP contribution >= 0.6 is 0 Å². The summed E-state index contributed by atoms with van der Waals surface area (Å²) in [6.45, 7) is 0.594. The van der Waals surface area contributed by atoms with Crippen LogP contribution in [-0.4, -0.2) is 29.2 Å². The van der Waals surface area contributed by atoms with E-state index in [4.69, 9.17) is 4.74 Å². The number of imide groups is 1. The molecule has 2 aliphatic rings. The van der Waals surface area contributed by atoms with Crippen LogP contribution in [0.3, 0.4) is 0 Å². The molecule has 2 aromatic carbocycles. The molecule has 0 bridgehead atoms. The number of nitrogens with one attached hydrogen (secondary N) is 1. The third-order valence-electron chi connectivity index (χ3n) is 5.55. The lowest BCUT2D eigenvalue weighted by molar-refractivity contribution is -0.140. The molecule has 0 aromatic heterocycles. The van der Waals surface area contributed by atoms with Crippen LogP contribution in [0.15, 0.2) is 66.7 Å². The highest BCUT2D eigenvalue weighted by atomic mass is 16.5. The summed E-state index contributed by atoms with van der Waals surface area (Å²) in [5.74, 6) is -0.338. The number of anilines is 1. The summed E-state index contributed by atoms with van der Waals surface area (Å²) in [4.78, 5) is 38.4. The highest BCUT2D eigenvalue weighted by Gasteiger charge is 2.46. The highest BCUT2D eigenvalue weighted by molar-refractivity contribution is 6.05. The Morgan fingerprint density at radius 3 is 2.20 bits per heavy atom. The van der Waals surface area contributed by atoms with E-state index in [9.17, 15) is 14.4 Å². The number of allylic oxidation sites excluding steroid dienone is 2. The lowest BCUT2D eigenvalue weighted by Gasteiger charge is -2.14. The number of carbonyl (C=O) groups excluding carboxylic acids is 3. The van der Waals surface area contributed by atoms with Crippen LogP contribution < -0.4 is 10.1 Å². The average molecular weight is 404 g/mol. The van der Waals surface area contributed by atoms with Gasteiger partial charge in [-0.2, -0.15) is 0 Å². The Kier molecular flexibility index (Phi) is 5.93. The van der Waals surface area contributed by atoms with Gasteiger partial charge in [0.1, 0.15) is 12.4 Å². The SMILES string of the molecule is O=C(CCN1C(=O)[C@@H]2CC=CC[C@H]2C1=O)Nc1ccc(OCc2ccccc2)cc1. The van der Waals surface area contributed by atoms with Gasteiger partial charge in [0.25, 0.3) is 0 Å². The van der Waals surface area contributed by atoms with Gasteiger partial charge in [-0.3, -0.25) is 19.3 Å². The molecule has 2 aromatic rings. The van der Waals surface area contributed by atoms with Gasteiger partial charge in [0, 0.05) is 18.7 Å². The van der Waals surface area contributed by atoms with Gasteiger partial charge in [-0.1, -0.05) is 42.5 Å². The minimum atomic E-state index is -0.256. The molecule has 154 valence electrons. The van der Waals surface area contributed by atoms with Crippen LogP contribution in [0.1, 0.15) is 24.8 Å².